The van der Waals surface area contributed by atoms with E-state index < -0.39 is 0 Å². The minimum absolute atomic E-state index is 0.0285. The van der Waals surface area contributed by atoms with Crippen LogP contribution in [0.4, 0.5) is 0 Å². The first-order valence-corrected chi connectivity index (χ1v) is 6.62. The zero-order valence-electron chi connectivity index (χ0n) is 9.82. The van der Waals surface area contributed by atoms with E-state index in [1.54, 1.807) is 6.20 Å². The number of halogens is 1. The van der Waals surface area contributed by atoms with Gasteiger partial charge in [0.25, 0.3) is 0 Å². The van der Waals surface area contributed by atoms with Gasteiger partial charge in [-0.1, -0.05) is 6.92 Å². The molecule has 0 bridgehead atoms. The second kappa shape index (κ2) is 5.60. The average Bonchev–Trinajstić information content (AvgIpc) is 2.35. The number of carbonyl (C=O) groups excluding carboxylic acids is 1. The number of piperazine rings is 1. The van der Waals surface area contributed by atoms with Gasteiger partial charge in [-0.3, -0.25) is 9.78 Å². The molecule has 0 spiro atoms. The minimum Gasteiger partial charge on any atom is -0.334 e. The van der Waals surface area contributed by atoms with Gasteiger partial charge in [0.1, 0.15) is 0 Å². The molecule has 0 saturated carbocycles. The molecule has 1 aromatic rings. The largest absolute Gasteiger partial charge is 0.334 e. The third-order valence-electron chi connectivity index (χ3n) is 2.93. The van der Waals surface area contributed by atoms with Crippen LogP contribution in [0.15, 0.2) is 22.8 Å². The molecular formula is C12H16BrN3O. The SMILES string of the molecule is CCC1NCCN(Cc2ccc(Br)cn2)C1=O. The highest BCUT2D eigenvalue weighted by molar-refractivity contribution is 9.10. The second-order valence-electron chi connectivity index (χ2n) is 4.14. The van der Waals surface area contributed by atoms with Crippen LogP contribution in [0.25, 0.3) is 0 Å². The van der Waals surface area contributed by atoms with E-state index >= 15 is 0 Å². The number of nitrogens with zero attached hydrogens (tertiary/aromatic N) is 2. The van der Waals surface area contributed by atoms with Gasteiger partial charge in [-0.2, -0.15) is 0 Å². The van der Waals surface area contributed by atoms with Gasteiger partial charge in [0.2, 0.25) is 5.91 Å². The topological polar surface area (TPSA) is 45.2 Å². The van der Waals surface area contributed by atoms with Gasteiger partial charge in [-0.15, -0.1) is 0 Å². The lowest BCUT2D eigenvalue weighted by molar-refractivity contribution is -0.136. The van der Waals surface area contributed by atoms with Crippen LogP contribution < -0.4 is 5.32 Å². The molecule has 92 valence electrons. The van der Waals surface area contributed by atoms with E-state index in [1.807, 2.05) is 24.0 Å². The molecule has 2 heterocycles. The first-order chi connectivity index (χ1) is 8.20. The molecule has 1 amide bonds. The summed E-state index contributed by atoms with van der Waals surface area (Å²) in [5.41, 5.74) is 0.929. The van der Waals surface area contributed by atoms with Crippen molar-refractivity contribution in [2.45, 2.75) is 25.9 Å². The number of hydrogen-bond acceptors (Lipinski definition) is 3. The summed E-state index contributed by atoms with van der Waals surface area (Å²) in [6, 6.07) is 3.87. The number of rotatable bonds is 3. The van der Waals surface area contributed by atoms with Crippen LogP contribution in [0.2, 0.25) is 0 Å². The molecule has 5 heteroatoms. The van der Waals surface area contributed by atoms with Crippen LogP contribution in [0.3, 0.4) is 0 Å². The van der Waals surface area contributed by atoms with Crippen LogP contribution in [0.5, 0.6) is 0 Å². The molecule has 1 saturated heterocycles. The van der Waals surface area contributed by atoms with E-state index in [4.69, 9.17) is 0 Å². The molecule has 1 aliphatic rings. The van der Waals surface area contributed by atoms with Crippen molar-refractivity contribution in [2.75, 3.05) is 13.1 Å². The van der Waals surface area contributed by atoms with E-state index in [2.05, 4.69) is 26.2 Å². The Morgan fingerprint density at radius 1 is 1.59 bits per heavy atom. The lowest BCUT2D eigenvalue weighted by atomic mass is 10.1. The van der Waals surface area contributed by atoms with Crippen molar-refractivity contribution < 1.29 is 4.79 Å². The lowest BCUT2D eigenvalue weighted by Gasteiger charge is -2.32. The van der Waals surface area contributed by atoms with E-state index in [0.717, 1.165) is 29.7 Å². The summed E-state index contributed by atoms with van der Waals surface area (Å²) in [5.74, 6) is 0.184. The Hall–Kier alpha value is -0.940. The molecule has 1 aliphatic heterocycles. The molecule has 1 N–H and O–H groups in total. The van der Waals surface area contributed by atoms with Gasteiger partial charge >= 0.3 is 0 Å². The van der Waals surface area contributed by atoms with Gasteiger partial charge in [-0.05, 0) is 34.5 Å². The maximum absolute atomic E-state index is 12.1. The van der Waals surface area contributed by atoms with Crippen molar-refractivity contribution in [1.29, 1.82) is 0 Å². The summed E-state index contributed by atoms with van der Waals surface area (Å²) in [7, 11) is 0. The Morgan fingerprint density at radius 3 is 3.06 bits per heavy atom. The standard InChI is InChI=1S/C12H16BrN3O/c1-2-11-12(17)16(6-5-14-11)8-10-4-3-9(13)7-15-10/h3-4,7,11,14H,2,5-6,8H2,1H3. The predicted octanol–water partition coefficient (Wildman–Crippen LogP) is 1.55. The summed E-state index contributed by atoms with van der Waals surface area (Å²) in [6.07, 6.45) is 2.60. The van der Waals surface area contributed by atoms with Gasteiger partial charge < -0.3 is 10.2 Å². The zero-order chi connectivity index (χ0) is 12.3. The van der Waals surface area contributed by atoms with E-state index in [1.165, 1.54) is 0 Å². The van der Waals surface area contributed by atoms with Gasteiger partial charge in [0.15, 0.2) is 0 Å². The zero-order valence-corrected chi connectivity index (χ0v) is 11.4. The fraction of sp³-hybridized carbons (Fsp3) is 0.500. The van der Waals surface area contributed by atoms with Crippen molar-refractivity contribution in [1.82, 2.24) is 15.2 Å². The van der Waals surface area contributed by atoms with Crippen LogP contribution in [0.1, 0.15) is 19.0 Å². The third kappa shape index (κ3) is 3.04. The highest BCUT2D eigenvalue weighted by Crippen LogP contribution is 2.11. The average molecular weight is 298 g/mol. The summed E-state index contributed by atoms with van der Waals surface area (Å²) < 4.78 is 0.958. The number of carbonyl (C=O) groups is 1. The molecule has 4 nitrogen and oxygen atoms in total. The summed E-state index contributed by atoms with van der Waals surface area (Å²) in [4.78, 5) is 18.2. The van der Waals surface area contributed by atoms with Crippen molar-refractivity contribution >= 4 is 21.8 Å². The number of pyridine rings is 1. The monoisotopic (exact) mass is 297 g/mol. The maximum Gasteiger partial charge on any atom is 0.240 e. The minimum atomic E-state index is -0.0285. The van der Waals surface area contributed by atoms with E-state index in [9.17, 15) is 4.79 Å². The number of aromatic nitrogens is 1. The van der Waals surface area contributed by atoms with Crippen molar-refractivity contribution in [2.24, 2.45) is 0 Å². The Balaban J connectivity index is 2.02. The molecule has 1 unspecified atom stereocenters. The number of nitrogens with one attached hydrogen (secondary N) is 1. The number of hydrogen-bond donors (Lipinski definition) is 1. The first-order valence-electron chi connectivity index (χ1n) is 5.83. The Morgan fingerprint density at radius 2 is 2.41 bits per heavy atom. The van der Waals surface area contributed by atoms with Gasteiger partial charge in [-0.25, -0.2) is 0 Å². The molecule has 17 heavy (non-hydrogen) atoms. The quantitative estimate of drug-likeness (QED) is 0.921. The third-order valence-corrected chi connectivity index (χ3v) is 3.40. The second-order valence-corrected chi connectivity index (χ2v) is 5.06. The Labute approximate surface area is 110 Å². The van der Waals surface area contributed by atoms with Crippen LogP contribution in [0, 0.1) is 0 Å². The molecule has 0 radical (unpaired) electrons. The first kappa shape index (κ1) is 12.5. The van der Waals surface area contributed by atoms with Crippen molar-refractivity contribution in [3.63, 3.8) is 0 Å². The fourth-order valence-corrected chi connectivity index (χ4v) is 2.20. The molecular weight excluding hydrogens is 282 g/mol. The summed E-state index contributed by atoms with van der Waals surface area (Å²) in [6.45, 7) is 4.25. The predicted molar refractivity (Wildman–Crippen MR) is 69.4 cm³/mol. The van der Waals surface area contributed by atoms with Crippen LogP contribution >= 0.6 is 15.9 Å². The lowest BCUT2D eigenvalue weighted by Crippen LogP contribution is -2.54. The van der Waals surface area contributed by atoms with Crippen LogP contribution in [-0.4, -0.2) is 34.9 Å². The number of amides is 1. The molecule has 1 aromatic heterocycles. The van der Waals surface area contributed by atoms with E-state index in [-0.39, 0.29) is 11.9 Å². The fourth-order valence-electron chi connectivity index (χ4n) is 1.96. The molecule has 0 aliphatic carbocycles. The van der Waals surface area contributed by atoms with Gasteiger partial charge in [0.05, 0.1) is 18.3 Å². The maximum atomic E-state index is 12.1. The Kier molecular flexibility index (Phi) is 4.12. The molecule has 2 rings (SSSR count). The smallest absolute Gasteiger partial charge is 0.240 e. The highest BCUT2D eigenvalue weighted by Gasteiger charge is 2.26. The highest BCUT2D eigenvalue weighted by atomic mass is 79.9. The van der Waals surface area contributed by atoms with Crippen LogP contribution in [-0.2, 0) is 11.3 Å². The Bertz CT molecular complexity index is 393. The normalized spacial score (nSPS) is 20.7. The van der Waals surface area contributed by atoms with Crippen molar-refractivity contribution in [3.05, 3.63) is 28.5 Å². The molecule has 1 atom stereocenters. The summed E-state index contributed by atoms with van der Waals surface area (Å²) >= 11 is 3.35. The van der Waals surface area contributed by atoms with E-state index in [0.29, 0.717) is 6.54 Å². The molecule has 1 fully saturated rings. The molecule has 0 aromatic carbocycles. The van der Waals surface area contributed by atoms with Crippen molar-refractivity contribution in [3.8, 4) is 0 Å². The van der Waals surface area contributed by atoms with Gasteiger partial charge in [0, 0.05) is 23.8 Å². The summed E-state index contributed by atoms with van der Waals surface area (Å²) in [5, 5.41) is 3.22.